The van der Waals surface area contributed by atoms with E-state index < -0.39 is 0 Å². The third kappa shape index (κ3) is 2.44. The van der Waals surface area contributed by atoms with Crippen LogP contribution in [0.2, 0.25) is 0 Å². The number of hydrogen-bond donors (Lipinski definition) is 1. The van der Waals surface area contributed by atoms with Crippen molar-refractivity contribution in [3.8, 4) is 11.6 Å². The molecule has 0 saturated heterocycles. The number of benzene rings is 2. The first kappa shape index (κ1) is 12.9. The van der Waals surface area contributed by atoms with Crippen LogP contribution in [0.1, 0.15) is 0 Å². The van der Waals surface area contributed by atoms with E-state index in [9.17, 15) is 0 Å². The fourth-order valence-corrected chi connectivity index (χ4v) is 2.50. The number of nitrogens with one attached hydrogen (secondary N) is 1. The number of ether oxygens (including phenoxy) is 1. The minimum Gasteiger partial charge on any atom is -0.438 e. The number of halogens is 1. The number of rotatable bonds is 3. The van der Waals surface area contributed by atoms with Gasteiger partial charge in [0.2, 0.25) is 11.8 Å². The minimum atomic E-state index is 0.500. The van der Waals surface area contributed by atoms with E-state index in [4.69, 9.17) is 4.74 Å². The number of anilines is 1. The molecule has 3 aromatic rings. The summed E-state index contributed by atoms with van der Waals surface area (Å²) >= 11 is 3.59. The van der Waals surface area contributed by atoms with E-state index >= 15 is 0 Å². The second-order valence-corrected chi connectivity index (χ2v) is 4.96. The lowest BCUT2D eigenvalue weighted by atomic mass is 10.1. The fraction of sp³-hybridized carbons (Fsp3) is 0.0667. The average molecular weight is 330 g/mol. The molecule has 0 amide bonds. The van der Waals surface area contributed by atoms with Crippen molar-refractivity contribution in [1.82, 2.24) is 9.97 Å². The lowest BCUT2D eigenvalue weighted by molar-refractivity contribution is 0.460. The van der Waals surface area contributed by atoms with Crippen molar-refractivity contribution < 1.29 is 4.74 Å². The number of nitrogens with zero attached hydrogens (tertiary/aromatic N) is 2. The van der Waals surface area contributed by atoms with Gasteiger partial charge in [-0.2, -0.15) is 4.98 Å². The molecule has 4 nitrogen and oxygen atoms in total. The van der Waals surface area contributed by atoms with Gasteiger partial charge in [0, 0.05) is 19.3 Å². The van der Waals surface area contributed by atoms with Crippen molar-refractivity contribution in [3.63, 3.8) is 0 Å². The summed E-state index contributed by atoms with van der Waals surface area (Å²) in [6, 6.07) is 13.8. The first-order valence-corrected chi connectivity index (χ1v) is 6.93. The van der Waals surface area contributed by atoms with Gasteiger partial charge in [-0.3, -0.25) is 0 Å². The first-order chi connectivity index (χ1) is 9.78. The van der Waals surface area contributed by atoms with E-state index in [2.05, 4.69) is 37.3 Å². The van der Waals surface area contributed by atoms with Crippen molar-refractivity contribution in [3.05, 3.63) is 53.1 Å². The Hall–Kier alpha value is -2.14. The van der Waals surface area contributed by atoms with Crippen LogP contribution < -0.4 is 10.1 Å². The molecule has 1 aromatic heterocycles. The SMILES string of the molecule is CNc1nccc(Oc2ccc3ccccc3c2Br)n1. The highest BCUT2D eigenvalue weighted by Crippen LogP contribution is 2.35. The molecule has 0 radical (unpaired) electrons. The van der Waals surface area contributed by atoms with Crippen LogP contribution >= 0.6 is 15.9 Å². The second kappa shape index (κ2) is 5.46. The third-order valence-corrected chi connectivity index (χ3v) is 3.71. The molecule has 0 atom stereocenters. The van der Waals surface area contributed by atoms with Gasteiger partial charge in [-0.1, -0.05) is 30.3 Å². The summed E-state index contributed by atoms with van der Waals surface area (Å²) in [6.45, 7) is 0. The van der Waals surface area contributed by atoms with Gasteiger partial charge >= 0.3 is 0 Å². The zero-order valence-electron chi connectivity index (χ0n) is 10.8. The molecule has 0 aliphatic carbocycles. The smallest absolute Gasteiger partial charge is 0.225 e. The van der Waals surface area contributed by atoms with Crippen molar-refractivity contribution in [2.24, 2.45) is 0 Å². The van der Waals surface area contributed by atoms with Crippen LogP contribution in [0, 0.1) is 0 Å². The third-order valence-electron chi connectivity index (χ3n) is 2.90. The van der Waals surface area contributed by atoms with E-state index in [-0.39, 0.29) is 0 Å². The summed E-state index contributed by atoms with van der Waals surface area (Å²) < 4.78 is 6.74. The Balaban J connectivity index is 2.00. The molecule has 1 heterocycles. The van der Waals surface area contributed by atoms with E-state index in [0.29, 0.717) is 11.8 Å². The molecule has 0 spiro atoms. The van der Waals surface area contributed by atoms with Crippen molar-refractivity contribution in [2.75, 3.05) is 12.4 Å². The van der Waals surface area contributed by atoms with Gasteiger partial charge in [0.1, 0.15) is 5.75 Å². The van der Waals surface area contributed by atoms with Gasteiger partial charge in [-0.05, 0) is 32.8 Å². The summed E-state index contributed by atoms with van der Waals surface area (Å²) in [5.74, 6) is 1.75. The number of fused-ring (bicyclic) bond motifs is 1. The van der Waals surface area contributed by atoms with Crippen molar-refractivity contribution in [2.45, 2.75) is 0 Å². The molecule has 0 unspecified atom stereocenters. The molecular weight excluding hydrogens is 318 g/mol. The molecule has 0 saturated carbocycles. The molecule has 0 fully saturated rings. The highest BCUT2D eigenvalue weighted by molar-refractivity contribution is 9.10. The summed E-state index contributed by atoms with van der Waals surface area (Å²) in [5.41, 5.74) is 0. The molecule has 100 valence electrons. The predicted octanol–water partition coefficient (Wildman–Crippen LogP) is 4.23. The van der Waals surface area contributed by atoms with Crippen LogP contribution in [0.15, 0.2) is 53.1 Å². The lowest BCUT2D eigenvalue weighted by Crippen LogP contribution is -1.97. The summed E-state index contributed by atoms with van der Waals surface area (Å²) in [5, 5.41) is 5.15. The van der Waals surface area contributed by atoms with Gasteiger partial charge in [0.25, 0.3) is 0 Å². The van der Waals surface area contributed by atoms with Crippen LogP contribution in [-0.4, -0.2) is 17.0 Å². The Labute approximate surface area is 125 Å². The Morgan fingerprint density at radius 2 is 1.95 bits per heavy atom. The number of hydrogen-bond acceptors (Lipinski definition) is 4. The normalized spacial score (nSPS) is 10.5. The molecule has 5 heteroatoms. The van der Waals surface area contributed by atoms with Gasteiger partial charge in [-0.15, -0.1) is 0 Å². The van der Waals surface area contributed by atoms with E-state index in [1.54, 1.807) is 19.3 Å². The van der Waals surface area contributed by atoms with E-state index in [1.807, 2.05) is 30.3 Å². The number of aromatic nitrogens is 2. The molecule has 0 aliphatic rings. The Morgan fingerprint density at radius 1 is 1.10 bits per heavy atom. The predicted molar refractivity (Wildman–Crippen MR) is 83.3 cm³/mol. The van der Waals surface area contributed by atoms with Crippen molar-refractivity contribution >= 4 is 32.7 Å². The summed E-state index contributed by atoms with van der Waals surface area (Å²) in [6.07, 6.45) is 1.66. The topological polar surface area (TPSA) is 47.0 Å². The molecule has 1 N–H and O–H groups in total. The first-order valence-electron chi connectivity index (χ1n) is 6.14. The van der Waals surface area contributed by atoms with Crippen LogP contribution in [0.4, 0.5) is 5.95 Å². The fourth-order valence-electron chi connectivity index (χ4n) is 1.92. The van der Waals surface area contributed by atoms with Crippen LogP contribution in [0.5, 0.6) is 11.6 Å². The quantitative estimate of drug-likeness (QED) is 0.781. The molecule has 2 aromatic carbocycles. The molecular formula is C15H12BrN3O. The van der Waals surface area contributed by atoms with Gasteiger partial charge < -0.3 is 10.1 Å². The molecule has 0 bridgehead atoms. The maximum absolute atomic E-state index is 5.82. The minimum absolute atomic E-state index is 0.500. The lowest BCUT2D eigenvalue weighted by Gasteiger charge is -2.09. The average Bonchev–Trinajstić information content (AvgIpc) is 2.50. The van der Waals surface area contributed by atoms with E-state index in [1.165, 1.54) is 0 Å². The van der Waals surface area contributed by atoms with E-state index in [0.717, 1.165) is 21.0 Å². The monoisotopic (exact) mass is 329 g/mol. The maximum Gasteiger partial charge on any atom is 0.225 e. The molecule has 20 heavy (non-hydrogen) atoms. The van der Waals surface area contributed by atoms with Gasteiger partial charge in [0.15, 0.2) is 0 Å². The Bertz CT molecular complexity index is 761. The van der Waals surface area contributed by atoms with Crippen molar-refractivity contribution in [1.29, 1.82) is 0 Å². The second-order valence-electron chi connectivity index (χ2n) is 4.17. The van der Waals surface area contributed by atoms with Gasteiger partial charge in [-0.25, -0.2) is 4.98 Å². The standard InChI is InChI=1S/C15H12BrN3O/c1-17-15-18-9-8-13(19-15)20-12-7-6-10-4-2-3-5-11(10)14(12)16/h2-9H,1H3,(H,17,18,19). The van der Waals surface area contributed by atoms with Crippen LogP contribution in [0.25, 0.3) is 10.8 Å². The Kier molecular flexibility index (Phi) is 3.52. The van der Waals surface area contributed by atoms with Gasteiger partial charge in [0.05, 0.1) is 4.47 Å². The highest BCUT2D eigenvalue weighted by Gasteiger charge is 2.08. The summed E-state index contributed by atoms with van der Waals surface area (Å²) in [4.78, 5) is 8.30. The summed E-state index contributed by atoms with van der Waals surface area (Å²) in [7, 11) is 1.77. The van der Waals surface area contributed by atoms with Crippen LogP contribution in [-0.2, 0) is 0 Å². The molecule has 0 aliphatic heterocycles. The largest absolute Gasteiger partial charge is 0.438 e. The molecule has 3 rings (SSSR count). The highest BCUT2D eigenvalue weighted by atomic mass is 79.9. The maximum atomic E-state index is 5.82. The van der Waals surface area contributed by atoms with Crippen LogP contribution in [0.3, 0.4) is 0 Å². The zero-order chi connectivity index (χ0) is 13.9. The Morgan fingerprint density at radius 3 is 2.80 bits per heavy atom. The zero-order valence-corrected chi connectivity index (χ0v) is 12.4.